The number of aromatic hydroxyl groups is 1. The molecule has 0 amide bonds. The largest absolute Gasteiger partial charge is 0.499 e. The van der Waals surface area contributed by atoms with Crippen molar-refractivity contribution in [1.29, 1.82) is 0 Å². The molecule has 2 aromatic carbocycles. The zero-order chi connectivity index (χ0) is 22.8. The van der Waals surface area contributed by atoms with Gasteiger partial charge in [0.2, 0.25) is 12.0 Å². The van der Waals surface area contributed by atoms with Crippen LogP contribution in [0.1, 0.15) is 5.56 Å². The van der Waals surface area contributed by atoms with Crippen LogP contribution in [-0.2, 0) is 11.3 Å². The van der Waals surface area contributed by atoms with Gasteiger partial charge >= 0.3 is 5.63 Å². The van der Waals surface area contributed by atoms with Crippen molar-refractivity contribution in [3.63, 3.8) is 0 Å². The summed E-state index contributed by atoms with van der Waals surface area (Å²) in [7, 11) is 0. The molecular formula is C22H22O10. The highest BCUT2D eigenvalue weighted by Crippen LogP contribution is 2.35. The molecule has 1 aromatic heterocycles. The van der Waals surface area contributed by atoms with E-state index in [4.69, 9.17) is 18.6 Å². The molecular weight excluding hydrogens is 424 g/mol. The van der Waals surface area contributed by atoms with Crippen LogP contribution < -0.4 is 15.1 Å². The lowest BCUT2D eigenvalue weighted by molar-refractivity contribution is -0.277. The molecule has 1 fully saturated rings. The molecule has 10 heteroatoms. The zero-order valence-corrected chi connectivity index (χ0v) is 16.7. The average Bonchev–Trinajstić information content (AvgIpc) is 2.80. The van der Waals surface area contributed by atoms with Crippen LogP contribution in [0.25, 0.3) is 11.0 Å². The minimum atomic E-state index is -1.60. The van der Waals surface area contributed by atoms with Gasteiger partial charge in [0.1, 0.15) is 42.4 Å². The Bertz CT molecular complexity index is 1130. The normalized spacial score (nSPS) is 25.6. The summed E-state index contributed by atoms with van der Waals surface area (Å²) in [5, 5.41) is 49.6. The average molecular weight is 446 g/mol. The van der Waals surface area contributed by atoms with Crippen LogP contribution in [0.5, 0.6) is 17.2 Å². The standard InChI is InChI=1S/C22H22O10/c23-9-15-16(24)17(25)18(26)22(32-15)30-12-6-7-13-14(8-12)31-21(28)19(27)20(13)29-10-11-4-2-1-3-5-11/h1-8,15-18,22-27H,9-10H2/t15-,16+,17+,18-,22-/m1/s1. The molecule has 3 aromatic rings. The number of hydrogen-bond acceptors (Lipinski definition) is 10. The highest BCUT2D eigenvalue weighted by molar-refractivity contribution is 5.86. The minimum Gasteiger partial charge on any atom is -0.499 e. The lowest BCUT2D eigenvalue weighted by atomic mass is 9.99. The maximum Gasteiger partial charge on any atom is 0.382 e. The maximum atomic E-state index is 12.1. The van der Waals surface area contributed by atoms with Crippen LogP contribution >= 0.6 is 0 Å². The fourth-order valence-electron chi connectivity index (χ4n) is 3.39. The quantitative estimate of drug-likeness (QED) is 0.332. The Hall–Kier alpha value is -3.15. The summed E-state index contributed by atoms with van der Waals surface area (Å²) in [6.07, 6.45) is -7.25. The Morgan fingerprint density at radius 2 is 1.72 bits per heavy atom. The minimum absolute atomic E-state index is 0.0398. The van der Waals surface area contributed by atoms with Gasteiger partial charge in [0.15, 0.2) is 5.75 Å². The van der Waals surface area contributed by atoms with E-state index >= 15 is 0 Å². The van der Waals surface area contributed by atoms with Crippen molar-refractivity contribution in [2.24, 2.45) is 0 Å². The molecule has 1 saturated heterocycles. The zero-order valence-electron chi connectivity index (χ0n) is 16.7. The summed E-state index contributed by atoms with van der Waals surface area (Å²) < 4.78 is 21.7. The van der Waals surface area contributed by atoms with Crippen molar-refractivity contribution >= 4 is 11.0 Å². The Labute approximate surface area is 181 Å². The summed E-state index contributed by atoms with van der Waals surface area (Å²) >= 11 is 0. The predicted molar refractivity (Wildman–Crippen MR) is 109 cm³/mol. The molecule has 32 heavy (non-hydrogen) atoms. The summed E-state index contributed by atoms with van der Waals surface area (Å²) in [6, 6.07) is 13.4. The molecule has 5 N–H and O–H groups in total. The van der Waals surface area contributed by atoms with Crippen LogP contribution in [0.15, 0.2) is 57.7 Å². The maximum absolute atomic E-state index is 12.1. The first-order valence-electron chi connectivity index (χ1n) is 9.82. The third kappa shape index (κ3) is 4.27. The molecule has 4 rings (SSSR count). The van der Waals surface area contributed by atoms with E-state index < -0.39 is 48.7 Å². The SMILES string of the molecule is O=c1oc2cc(O[C@@H]3O[C@H](CO)[C@H](O)[C@H](O)[C@H]3O)ccc2c(OCc2ccccc2)c1O. The Kier molecular flexibility index (Phi) is 6.31. The molecule has 0 spiro atoms. The molecule has 0 unspecified atom stereocenters. The molecule has 0 saturated carbocycles. The summed E-state index contributed by atoms with van der Waals surface area (Å²) in [5.74, 6) is -0.625. The number of fused-ring (bicyclic) bond motifs is 1. The lowest BCUT2D eigenvalue weighted by Crippen LogP contribution is -2.60. The smallest absolute Gasteiger partial charge is 0.382 e. The van der Waals surface area contributed by atoms with Crippen molar-refractivity contribution in [2.75, 3.05) is 6.61 Å². The van der Waals surface area contributed by atoms with Crippen molar-refractivity contribution in [3.8, 4) is 17.2 Å². The topological polar surface area (TPSA) is 159 Å². The number of rotatable bonds is 6. The Morgan fingerprint density at radius 1 is 0.969 bits per heavy atom. The van der Waals surface area contributed by atoms with Crippen LogP contribution in [-0.4, -0.2) is 62.8 Å². The second-order valence-corrected chi connectivity index (χ2v) is 7.31. The number of aliphatic hydroxyl groups is 4. The summed E-state index contributed by atoms with van der Waals surface area (Å²) in [6.45, 7) is -0.491. The monoisotopic (exact) mass is 446 g/mol. The van der Waals surface area contributed by atoms with Crippen molar-refractivity contribution in [2.45, 2.75) is 37.3 Å². The number of aliphatic hydroxyl groups excluding tert-OH is 4. The second kappa shape index (κ2) is 9.15. The number of benzene rings is 2. The van der Waals surface area contributed by atoms with E-state index in [0.717, 1.165) is 5.56 Å². The highest BCUT2D eigenvalue weighted by Gasteiger charge is 2.44. The molecule has 1 aliphatic rings. The Balaban J connectivity index is 1.60. The molecule has 1 aliphatic heterocycles. The highest BCUT2D eigenvalue weighted by atomic mass is 16.7. The van der Waals surface area contributed by atoms with Gasteiger partial charge in [-0.2, -0.15) is 0 Å². The first kappa shape index (κ1) is 22.1. The molecule has 0 aliphatic carbocycles. The lowest BCUT2D eigenvalue weighted by Gasteiger charge is -2.39. The Morgan fingerprint density at radius 3 is 2.44 bits per heavy atom. The molecule has 170 valence electrons. The van der Waals surface area contributed by atoms with Gasteiger partial charge in [0.05, 0.1) is 12.0 Å². The second-order valence-electron chi connectivity index (χ2n) is 7.31. The molecule has 2 heterocycles. The first-order chi connectivity index (χ1) is 15.4. The molecule has 0 bridgehead atoms. The number of hydrogen-bond donors (Lipinski definition) is 5. The van der Waals surface area contributed by atoms with Crippen LogP contribution in [0.4, 0.5) is 0 Å². The third-order valence-corrected chi connectivity index (χ3v) is 5.14. The summed E-state index contributed by atoms with van der Waals surface area (Å²) in [5.41, 5.74) is -0.139. The first-order valence-corrected chi connectivity index (χ1v) is 9.82. The molecule has 10 nitrogen and oxygen atoms in total. The van der Waals surface area contributed by atoms with Crippen LogP contribution in [0.3, 0.4) is 0 Å². The van der Waals surface area contributed by atoms with E-state index in [0.29, 0.717) is 5.39 Å². The van der Waals surface area contributed by atoms with E-state index in [9.17, 15) is 30.3 Å². The predicted octanol–water partition coefficient (Wildman–Crippen LogP) is 0.256. The fourth-order valence-corrected chi connectivity index (χ4v) is 3.39. The third-order valence-electron chi connectivity index (χ3n) is 5.14. The van der Waals surface area contributed by atoms with E-state index in [1.54, 1.807) is 0 Å². The van der Waals surface area contributed by atoms with Crippen molar-refractivity contribution in [1.82, 2.24) is 0 Å². The van der Waals surface area contributed by atoms with E-state index in [-0.39, 0.29) is 23.7 Å². The van der Waals surface area contributed by atoms with Crippen LogP contribution in [0, 0.1) is 0 Å². The van der Waals surface area contributed by atoms with Gasteiger partial charge in [0.25, 0.3) is 0 Å². The van der Waals surface area contributed by atoms with Gasteiger partial charge in [-0.15, -0.1) is 0 Å². The van der Waals surface area contributed by atoms with Gasteiger partial charge in [-0.1, -0.05) is 30.3 Å². The van der Waals surface area contributed by atoms with Crippen molar-refractivity contribution < 1.29 is 44.2 Å². The van der Waals surface area contributed by atoms with Crippen LogP contribution in [0.2, 0.25) is 0 Å². The van der Waals surface area contributed by atoms with E-state index in [1.807, 2.05) is 30.3 Å². The molecule has 0 radical (unpaired) electrons. The van der Waals surface area contributed by atoms with E-state index in [2.05, 4.69) is 0 Å². The van der Waals surface area contributed by atoms with Gasteiger partial charge in [0, 0.05) is 6.07 Å². The molecule has 5 atom stereocenters. The van der Waals surface area contributed by atoms with E-state index in [1.165, 1.54) is 18.2 Å². The number of ether oxygens (including phenoxy) is 3. The van der Waals surface area contributed by atoms with Gasteiger partial charge < -0.3 is 44.2 Å². The summed E-state index contributed by atoms with van der Waals surface area (Å²) in [4.78, 5) is 12.1. The van der Waals surface area contributed by atoms with Gasteiger partial charge in [-0.25, -0.2) is 4.79 Å². The van der Waals surface area contributed by atoms with Crippen molar-refractivity contribution in [3.05, 3.63) is 64.5 Å². The fraction of sp³-hybridized carbons (Fsp3) is 0.318. The van der Waals surface area contributed by atoms with Gasteiger partial charge in [-0.05, 0) is 17.7 Å². The van der Waals surface area contributed by atoms with Gasteiger partial charge in [-0.3, -0.25) is 0 Å².